The maximum absolute atomic E-state index is 5.64. The van der Waals surface area contributed by atoms with E-state index < -0.39 is 0 Å². The number of imidazole rings is 1. The van der Waals surface area contributed by atoms with Gasteiger partial charge in [-0.25, -0.2) is 4.98 Å². The smallest absolute Gasteiger partial charge is 0.107 e. The lowest BCUT2D eigenvalue weighted by Gasteiger charge is -1.97. The molecule has 0 fully saturated rings. The highest BCUT2D eigenvalue weighted by atomic mass is 14.9. The molecule has 0 radical (unpaired) electrons. The molecule has 19 heavy (non-hydrogen) atoms. The molecule has 0 atom stereocenters. The third-order valence-electron chi connectivity index (χ3n) is 3.23. The van der Waals surface area contributed by atoms with E-state index in [1.807, 2.05) is 36.7 Å². The number of rotatable bonds is 4. The minimum Gasteiger partial charge on any atom is -0.342 e. The van der Waals surface area contributed by atoms with Crippen molar-refractivity contribution in [1.82, 2.24) is 15.0 Å². The molecule has 4 nitrogen and oxygen atoms in total. The Hall–Kier alpha value is -2.20. The van der Waals surface area contributed by atoms with Gasteiger partial charge in [-0.15, -0.1) is 0 Å². The van der Waals surface area contributed by atoms with Crippen LogP contribution >= 0.6 is 0 Å². The quantitative estimate of drug-likeness (QED) is 0.748. The Labute approximate surface area is 111 Å². The standard InChI is InChI=1S/C15H16N4/c16-10-12-1-3-13-14(9-12)19-15(18-13)4-2-11-5-7-17-8-6-11/h1,3,5-9H,2,4,10,16H2,(H,18,19). The molecule has 0 aliphatic heterocycles. The molecule has 4 heteroatoms. The molecule has 0 aliphatic rings. The van der Waals surface area contributed by atoms with Gasteiger partial charge in [-0.2, -0.15) is 0 Å². The first-order valence-electron chi connectivity index (χ1n) is 6.41. The molecule has 2 heterocycles. The summed E-state index contributed by atoms with van der Waals surface area (Å²) in [6, 6.07) is 10.2. The van der Waals surface area contributed by atoms with E-state index in [1.54, 1.807) is 0 Å². The number of aromatic amines is 1. The summed E-state index contributed by atoms with van der Waals surface area (Å²) in [6.07, 6.45) is 5.51. The highest BCUT2D eigenvalue weighted by Gasteiger charge is 2.03. The summed E-state index contributed by atoms with van der Waals surface area (Å²) < 4.78 is 0. The molecule has 0 amide bonds. The van der Waals surface area contributed by atoms with Crippen LogP contribution in [0.25, 0.3) is 11.0 Å². The molecule has 2 aromatic heterocycles. The lowest BCUT2D eigenvalue weighted by atomic mass is 10.1. The van der Waals surface area contributed by atoms with Crippen LogP contribution in [-0.2, 0) is 19.4 Å². The summed E-state index contributed by atoms with van der Waals surface area (Å²) in [5, 5.41) is 0. The number of nitrogens with one attached hydrogen (secondary N) is 1. The molecule has 0 unspecified atom stereocenters. The van der Waals surface area contributed by atoms with E-state index in [9.17, 15) is 0 Å². The van der Waals surface area contributed by atoms with Crippen LogP contribution in [0.4, 0.5) is 0 Å². The van der Waals surface area contributed by atoms with Gasteiger partial charge in [0.2, 0.25) is 0 Å². The zero-order chi connectivity index (χ0) is 13.1. The molecule has 0 bridgehead atoms. The SMILES string of the molecule is NCc1ccc2nc(CCc3ccncc3)[nH]c2c1. The zero-order valence-corrected chi connectivity index (χ0v) is 10.6. The Balaban J connectivity index is 1.78. The van der Waals surface area contributed by atoms with Crippen molar-refractivity contribution in [3.05, 3.63) is 59.7 Å². The molecule has 0 saturated carbocycles. The molecule has 3 N–H and O–H groups in total. The van der Waals surface area contributed by atoms with Crippen molar-refractivity contribution in [2.24, 2.45) is 5.73 Å². The van der Waals surface area contributed by atoms with E-state index in [1.165, 1.54) is 5.56 Å². The molecule has 3 aromatic rings. The molecule has 3 rings (SSSR count). The fourth-order valence-corrected chi connectivity index (χ4v) is 2.17. The number of benzene rings is 1. The van der Waals surface area contributed by atoms with Crippen LogP contribution in [-0.4, -0.2) is 15.0 Å². The number of hydrogen-bond donors (Lipinski definition) is 2. The molecule has 0 spiro atoms. The van der Waals surface area contributed by atoms with Crippen LogP contribution in [0.3, 0.4) is 0 Å². The second-order valence-corrected chi connectivity index (χ2v) is 4.59. The lowest BCUT2D eigenvalue weighted by molar-refractivity contribution is 0.887. The van der Waals surface area contributed by atoms with Crippen molar-refractivity contribution in [1.29, 1.82) is 0 Å². The number of fused-ring (bicyclic) bond motifs is 1. The molecule has 0 saturated heterocycles. The third-order valence-corrected chi connectivity index (χ3v) is 3.23. The maximum atomic E-state index is 5.64. The van der Waals surface area contributed by atoms with Crippen molar-refractivity contribution in [3.63, 3.8) is 0 Å². The topological polar surface area (TPSA) is 67.6 Å². The molecular formula is C15H16N4. The Morgan fingerprint density at radius 3 is 2.63 bits per heavy atom. The van der Waals surface area contributed by atoms with Gasteiger partial charge < -0.3 is 10.7 Å². The number of pyridine rings is 1. The van der Waals surface area contributed by atoms with Gasteiger partial charge in [0.05, 0.1) is 11.0 Å². The fraction of sp³-hybridized carbons (Fsp3) is 0.200. The summed E-state index contributed by atoms with van der Waals surface area (Å²) >= 11 is 0. The lowest BCUT2D eigenvalue weighted by Crippen LogP contribution is -1.95. The van der Waals surface area contributed by atoms with Crippen molar-refractivity contribution < 1.29 is 0 Å². The van der Waals surface area contributed by atoms with Crippen molar-refractivity contribution in [2.75, 3.05) is 0 Å². The summed E-state index contributed by atoms with van der Waals surface area (Å²) in [5.41, 5.74) is 10.1. The second kappa shape index (κ2) is 5.20. The van der Waals surface area contributed by atoms with Gasteiger partial charge in [0.15, 0.2) is 0 Å². The van der Waals surface area contributed by atoms with Crippen LogP contribution in [0.1, 0.15) is 17.0 Å². The van der Waals surface area contributed by atoms with Gasteiger partial charge >= 0.3 is 0 Å². The number of aromatic nitrogens is 3. The largest absolute Gasteiger partial charge is 0.342 e. The van der Waals surface area contributed by atoms with Crippen LogP contribution in [0.5, 0.6) is 0 Å². The summed E-state index contributed by atoms with van der Waals surface area (Å²) in [6.45, 7) is 0.557. The molecular weight excluding hydrogens is 236 g/mol. The zero-order valence-electron chi connectivity index (χ0n) is 10.6. The van der Waals surface area contributed by atoms with E-state index in [0.29, 0.717) is 6.54 Å². The first kappa shape index (κ1) is 11.9. The van der Waals surface area contributed by atoms with E-state index in [-0.39, 0.29) is 0 Å². The average Bonchev–Trinajstić information content (AvgIpc) is 2.88. The minimum absolute atomic E-state index is 0.557. The number of H-pyrrole nitrogens is 1. The first-order chi connectivity index (χ1) is 9.35. The van der Waals surface area contributed by atoms with E-state index in [4.69, 9.17) is 5.73 Å². The van der Waals surface area contributed by atoms with Gasteiger partial charge in [-0.3, -0.25) is 4.98 Å². The van der Waals surface area contributed by atoms with Crippen LogP contribution < -0.4 is 5.73 Å². The normalized spacial score (nSPS) is 11.0. The highest BCUT2D eigenvalue weighted by molar-refractivity contribution is 5.75. The fourth-order valence-electron chi connectivity index (χ4n) is 2.17. The van der Waals surface area contributed by atoms with Gasteiger partial charge in [-0.05, 0) is 41.8 Å². The monoisotopic (exact) mass is 252 g/mol. The van der Waals surface area contributed by atoms with Crippen LogP contribution in [0, 0.1) is 0 Å². The van der Waals surface area contributed by atoms with E-state index in [0.717, 1.165) is 35.3 Å². The van der Waals surface area contributed by atoms with Crippen molar-refractivity contribution in [2.45, 2.75) is 19.4 Å². The third kappa shape index (κ3) is 2.63. The Bertz CT molecular complexity index is 673. The van der Waals surface area contributed by atoms with E-state index >= 15 is 0 Å². The number of nitrogens with two attached hydrogens (primary N) is 1. The molecule has 96 valence electrons. The Morgan fingerprint density at radius 1 is 1.00 bits per heavy atom. The number of nitrogens with zero attached hydrogens (tertiary/aromatic N) is 2. The van der Waals surface area contributed by atoms with E-state index in [2.05, 4.69) is 21.0 Å². The second-order valence-electron chi connectivity index (χ2n) is 4.59. The summed E-state index contributed by atoms with van der Waals surface area (Å²) in [7, 11) is 0. The van der Waals surface area contributed by atoms with Crippen molar-refractivity contribution in [3.8, 4) is 0 Å². The predicted octanol–water partition coefficient (Wildman–Crippen LogP) is 2.20. The van der Waals surface area contributed by atoms with Crippen molar-refractivity contribution >= 4 is 11.0 Å². The Morgan fingerprint density at radius 2 is 1.84 bits per heavy atom. The highest BCUT2D eigenvalue weighted by Crippen LogP contribution is 2.14. The average molecular weight is 252 g/mol. The number of aryl methyl sites for hydroxylation is 2. The maximum Gasteiger partial charge on any atom is 0.107 e. The van der Waals surface area contributed by atoms with Gasteiger partial charge in [-0.1, -0.05) is 6.07 Å². The van der Waals surface area contributed by atoms with Gasteiger partial charge in [0.1, 0.15) is 5.82 Å². The predicted molar refractivity (Wildman–Crippen MR) is 75.6 cm³/mol. The van der Waals surface area contributed by atoms with Crippen LogP contribution in [0.2, 0.25) is 0 Å². The first-order valence-corrected chi connectivity index (χ1v) is 6.41. The van der Waals surface area contributed by atoms with Gasteiger partial charge in [0, 0.05) is 25.4 Å². The summed E-state index contributed by atoms with van der Waals surface area (Å²) in [4.78, 5) is 12.0. The number of hydrogen-bond acceptors (Lipinski definition) is 3. The Kier molecular flexibility index (Phi) is 3.25. The van der Waals surface area contributed by atoms with Gasteiger partial charge in [0.25, 0.3) is 0 Å². The molecule has 1 aromatic carbocycles. The summed E-state index contributed by atoms with van der Waals surface area (Å²) in [5.74, 6) is 1.01. The van der Waals surface area contributed by atoms with Crippen LogP contribution in [0.15, 0.2) is 42.7 Å². The molecule has 0 aliphatic carbocycles. The minimum atomic E-state index is 0.557.